The molecule has 86 heavy (non-hydrogen) atoms. The minimum atomic E-state index is -1.32. The molecule has 8 aromatic rings. The second-order valence-corrected chi connectivity index (χ2v) is 17.9. The van der Waals surface area contributed by atoms with E-state index in [9.17, 15) is 33.9 Å². The summed E-state index contributed by atoms with van der Waals surface area (Å²) in [5.41, 5.74) is 0.922. The molecule has 9 rings (SSSR count). The Labute approximate surface area is 504 Å². The van der Waals surface area contributed by atoms with Crippen LogP contribution in [0.1, 0.15) is 116 Å². The van der Waals surface area contributed by atoms with E-state index in [1.54, 1.807) is 13.2 Å². The predicted octanol–water partition coefficient (Wildman–Crippen LogP) is 10.4. The molecule has 0 atom stereocenters. The Morgan fingerprint density at radius 2 is 0.942 bits per heavy atom. The minimum absolute atomic E-state index is 0. The molecule has 22 heteroatoms. The lowest BCUT2D eigenvalue weighted by molar-refractivity contribution is 0.0647. The van der Waals surface area contributed by atoms with Crippen LogP contribution in [0.25, 0.3) is 0 Å². The summed E-state index contributed by atoms with van der Waals surface area (Å²) in [5, 5.41) is 62.8. The second kappa shape index (κ2) is 40.9. The summed E-state index contributed by atoms with van der Waals surface area (Å²) in [5.74, 6) is -1.08. The normalized spacial score (nSPS) is 10.6. The summed E-state index contributed by atoms with van der Waals surface area (Å²) >= 11 is 3.36. The highest BCUT2D eigenvalue weighted by molar-refractivity contribution is 9.08. The number of hydrogen-bond donors (Lipinski definition) is 7. The van der Waals surface area contributed by atoms with Gasteiger partial charge in [0.15, 0.2) is 23.0 Å². The highest BCUT2D eigenvalue weighted by Crippen LogP contribution is 2.19. The third-order valence-corrected chi connectivity index (χ3v) is 11.7. The first-order valence-electron chi connectivity index (χ1n) is 26.5. The molecule has 0 fully saturated rings. The molecule has 0 amide bonds. The van der Waals surface area contributed by atoms with Crippen LogP contribution in [0, 0.1) is 0 Å². The van der Waals surface area contributed by atoms with Crippen molar-refractivity contribution in [2.45, 2.75) is 112 Å². The zero-order valence-electron chi connectivity index (χ0n) is 47.3. The van der Waals surface area contributed by atoms with Gasteiger partial charge in [0.2, 0.25) is 44.4 Å². The monoisotopic (exact) mass is 1260 g/mol. The van der Waals surface area contributed by atoms with Gasteiger partial charge in [0.05, 0.1) is 12.9 Å². The van der Waals surface area contributed by atoms with Crippen molar-refractivity contribution >= 4 is 21.9 Å². The van der Waals surface area contributed by atoms with Crippen LogP contribution in [-0.4, -0.2) is 48.3 Å². The number of carbonyl (C=O) groups is 1. The molecule has 21 nitrogen and oxygen atoms in total. The van der Waals surface area contributed by atoms with Crippen molar-refractivity contribution in [2.24, 2.45) is 0 Å². The van der Waals surface area contributed by atoms with Crippen LogP contribution in [0.2, 0.25) is 0 Å². The van der Waals surface area contributed by atoms with Crippen LogP contribution in [0.15, 0.2) is 192 Å². The molecular weight excluding hydrogens is 1180 g/mol. The molecule has 0 unspecified atom stereocenters. The van der Waals surface area contributed by atoms with Crippen molar-refractivity contribution in [1.82, 2.24) is 0 Å². The number of aromatic hydroxyl groups is 3. The fourth-order valence-electron chi connectivity index (χ4n) is 6.54. The van der Waals surface area contributed by atoms with E-state index in [0.29, 0.717) is 48.7 Å². The van der Waals surface area contributed by atoms with Crippen molar-refractivity contribution in [3.05, 3.63) is 260 Å². The number of halogens is 1. The summed E-state index contributed by atoms with van der Waals surface area (Å²) in [4.78, 5) is 67.2. The van der Waals surface area contributed by atoms with Crippen LogP contribution in [-0.2, 0) is 68.8 Å². The van der Waals surface area contributed by atoms with Crippen molar-refractivity contribution < 1.29 is 76.8 Å². The maximum absolute atomic E-state index is 11.9. The van der Waals surface area contributed by atoms with Gasteiger partial charge in [-0.2, -0.15) is 0 Å². The highest BCUT2D eigenvalue weighted by Gasteiger charge is 2.20. The number of carboxylic acids is 1. The van der Waals surface area contributed by atoms with E-state index in [-0.39, 0.29) is 79.2 Å². The Morgan fingerprint density at radius 3 is 1.33 bits per heavy atom. The van der Waals surface area contributed by atoms with Crippen LogP contribution < -0.4 is 36.6 Å². The Balaban J connectivity index is 0.000000354. The number of hydrogen-bond acceptors (Lipinski definition) is 20. The molecule has 462 valence electrons. The van der Waals surface area contributed by atoms with Gasteiger partial charge >= 0.3 is 5.97 Å². The lowest BCUT2D eigenvalue weighted by atomic mass is 10.2. The second-order valence-electron chi connectivity index (χ2n) is 17.4. The first-order chi connectivity index (χ1) is 40.9. The largest absolute Gasteiger partial charge is 0.502 e. The van der Waals surface area contributed by atoms with Gasteiger partial charge in [-0.15, -0.1) is 0 Å². The zero-order chi connectivity index (χ0) is 62.5. The molecule has 1 aliphatic rings. The fourth-order valence-corrected chi connectivity index (χ4v) is 6.91. The first kappa shape index (κ1) is 72.9. The number of aryl methyl sites for hydroxylation is 4. The number of aliphatic hydroxyl groups is 3. The quantitative estimate of drug-likeness (QED) is 0.0469. The summed E-state index contributed by atoms with van der Waals surface area (Å²) in [6.45, 7) is 7.47. The summed E-state index contributed by atoms with van der Waals surface area (Å²) in [6.07, 6.45) is 10.4. The van der Waals surface area contributed by atoms with Crippen LogP contribution in [0.5, 0.6) is 28.7 Å². The molecule has 0 aliphatic carbocycles. The lowest BCUT2D eigenvalue weighted by Gasteiger charge is -2.09. The Morgan fingerprint density at radius 1 is 0.523 bits per heavy atom. The first-order valence-corrected chi connectivity index (χ1v) is 27.6. The van der Waals surface area contributed by atoms with Crippen molar-refractivity contribution in [3.8, 4) is 28.7 Å². The maximum Gasteiger partial charge on any atom is 0.375 e. The van der Waals surface area contributed by atoms with Crippen LogP contribution in [0.4, 0.5) is 0 Å². The number of rotatable bonds is 15. The molecule has 1 aliphatic heterocycles. The predicted molar refractivity (Wildman–Crippen MR) is 324 cm³/mol. The average molecular weight is 1260 g/mol. The van der Waals surface area contributed by atoms with Crippen molar-refractivity contribution in [3.63, 3.8) is 0 Å². The van der Waals surface area contributed by atoms with Gasteiger partial charge in [0.1, 0.15) is 74.4 Å². The molecule has 3 aromatic carbocycles. The molecule has 5 aromatic heterocycles. The van der Waals surface area contributed by atoms with Gasteiger partial charge < -0.3 is 72.0 Å². The molecule has 7 N–H and O–H groups in total. The van der Waals surface area contributed by atoms with Gasteiger partial charge in [-0.1, -0.05) is 142 Å². The maximum atomic E-state index is 11.9. The van der Waals surface area contributed by atoms with Crippen molar-refractivity contribution in [1.29, 1.82) is 0 Å². The topological polar surface area (TPSA) is 337 Å². The van der Waals surface area contributed by atoms with E-state index in [1.807, 2.05) is 106 Å². The van der Waals surface area contributed by atoms with Gasteiger partial charge in [-0.25, -0.2) is 4.79 Å². The summed E-state index contributed by atoms with van der Waals surface area (Å²) in [7, 11) is 0. The van der Waals surface area contributed by atoms with Gasteiger partial charge in [-0.3, -0.25) is 24.0 Å². The molecule has 0 saturated heterocycles. The number of carboxylic acid groups (broad SMARTS) is 1. The minimum Gasteiger partial charge on any atom is -0.502 e. The molecular formula is C64H73BrO21. The van der Waals surface area contributed by atoms with E-state index >= 15 is 0 Å². The number of alkyl halides is 1. The van der Waals surface area contributed by atoms with Gasteiger partial charge in [-0.05, 0) is 35.6 Å². The number of aliphatic hydroxyl groups excluding tert-OH is 3. The molecule has 0 bridgehead atoms. The summed E-state index contributed by atoms with van der Waals surface area (Å²) in [6, 6.07) is 35.2. The fraction of sp³-hybridized carbons (Fsp3) is 0.281. The zero-order valence-corrected chi connectivity index (χ0v) is 48.9. The van der Waals surface area contributed by atoms with Crippen LogP contribution >= 0.6 is 15.9 Å². The van der Waals surface area contributed by atoms with E-state index in [4.69, 9.17) is 62.5 Å². The number of benzene rings is 3. The molecule has 0 saturated carbocycles. The van der Waals surface area contributed by atoms with Gasteiger partial charge in [0.25, 0.3) is 5.76 Å². The molecule has 6 heterocycles. The van der Waals surface area contributed by atoms with E-state index in [0.717, 1.165) is 41.7 Å². The number of aromatic carboxylic acids is 1. The van der Waals surface area contributed by atoms with E-state index in [2.05, 4.69) is 32.5 Å². The number of allylic oxidation sites excluding steroid dienone is 1. The average Bonchev–Trinajstić information content (AvgIpc) is 2.90. The number of ether oxygens (including phenoxy) is 3. The Kier molecular flexibility index (Phi) is 34.7. The SMILES string of the molecule is BrCc1ccccc1.C.C1=COCCC1.CCc1cc(=O)c(O)c(CO)o1.CCc1cc(=O)c(O)co1.CCc1cc(=O)c(OCc2ccccc2)c(C(=O)O)o1.CCc1cc(=O)c(OCc2ccccc2)c(CO)o1.O=c1cc(CO)occ1O. The third-order valence-electron chi connectivity index (χ3n) is 11.1. The lowest BCUT2D eigenvalue weighted by Crippen LogP contribution is -2.14. The Bertz CT molecular complexity index is 3500. The van der Waals surface area contributed by atoms with E-state index in [1.165, 1.54) is 42.7 Å². The van der Waals surface area contributed by atoms with Crippen molar-refractivity contribution in [2.75, 3.05) is 6.61 Å². The van der Waals surface area contributed by atoms with Crippen LogP contribution in [0.3, 0.4) is 0 Å². The summed E-state index contributed by atoms with van der Waals surface area (Å²) < 4.78 is 40.7. The Hall–Kier alpha value is -9.22. The van der Waals surface area contributed by atoms with E-state index < -0.39 is 46.1 Å². The smallest absolute Gasteiger partial charge is 0.375 e. The molecule has 0 radical (unpaired) electrons. The third kappa shape index (κ3) is 26.1. The standard InChI is InChI=1S/C15H14O5.C15H16O4.C8H10O4.C7H7Br.C7H8O3.C6H6O4.C5H8O.CH4/c1-2-11-8-12(16)13(14(20-11)15(17)18)19-9-10-6-4-3-5-7-10;1-2-12-8-13(17)15(14(9-16)19-12)18-10-11-6-4-3-5-7-11;1-2-5-3-6(10)8(11)7(4-9)12-5;8-6-7-4-2-1-3-5-7;1-2-5-3-6(8)7(9)4-10-5;7-2-4-1-5(8)6(9)3-10-4;1-2-4-6-5-3-1;/h3-8H,2,9H2,1H3,(H,17,18);3-8,16H,2,9-10H2,1H3;3,9,11H,2,4H2,1H3;1-5H,6H2;3-4,9H,2H2,1H3;1,3,7,9H,2H2;2,4H,1,3,5H2;1H4. The van der Waals surface area contributed by atoms with Gasteiger partial charge in [0, 0.05) is 61.3 Å². The highest BCUT2D eigenvalue weighted by atomic mass is 79.9. The molecule has 0 spiro atoms.